The average molecular weight is 604 g/mol. The van der Waals surface area contributed by atoms with E-state index >= 15 is 0 Å². The second-order valence-electron chi connectivity index (χ2n) is 10.5. The minimum atomic E-state index is -2.14. The zero-order valence-corrected chi connectivity index (χ0v) is 25.6. The van der Waals surface area contributed by atoms with Gasteiger partial charge in [0, 0.05) is 41.1 Å². The SMILES string of the molecule is C.CC#CN(c1nc(NC2CCC(CCCC(=N)N)CC2)nc(Nc2ccc(P(O)CP(O)O)cc2)c1C)C(C)C. The molecule has 0 amide bonds. The first kappa shape index (κ1) is 34.7. The summed E-state index contributed by atoms with van der Waals surface area (Å²) in [5, 5.41) is 15.1. The number of nitrogens with two attached hydrogens (primary N) is 1. The van der Waals surface area contributed by atoms with Crippen LogP contribution in [0.3, 0.4) is 0 Å². The van der Waals surface area contributed by atoms with Gasteiger partial charge in [-0.25, -0.2) is 0 Å². The Kier molecular flexibility index (Phi) is 14.2. The molecule has 1 atom stereocenters. The highest BCUT2D eigenvalue weighted by atomic mass is 31.2. The third-order valence-electron chi connectivity index (χ3n) is 7.02. The summed E-state index contributed by atoms with van der Waals surface area (Å²) in [4.78, 5) is 40.5. The fraction of sp³-hybridized carbons (Fsp3) is 0.552. The summed E-state index contributed by atoms with van der Waals surface area (Å²) in [5.41, 5.74) is 7.18. The van der Waals surface area contributed by atoms with Gasteiger partial charge >= 0.3 is 0 Å². The van der Waals surface area contributed by atoms with Crippen molar-refractivity contribution in [3.8, 4) is 12.0 Å². The standard InChI is InChI=1S/C28H43N7O3P2.CH4/c1-5-17-35(19(2)3)27-20(4)26(31-22-13-15-24(16-14-22)39(36)18-40(37)38)33-28(34-27)32-23-11-9-21(10-12-23)7-6-8-25(29)30;/h13-16,19,21,23,36-38H,6-12,18H2,1-4H3,(H3,29,30)(H2,31,32,33,34);1H4. The largest absolute Gasteiger partial charge is 0.388 e. The normalized spacial score (nSPS) is 17.3. The molecule has 1 aliphatic carbocycles. The Balaban J connectivity index is 0.00000588. The van der Waals surface area contributed by atoms with Crippen LogP contribution in [0.4, 0.5) is 23.3 Å². The topological polar surface area (TPSA) is 164 Å². The Hall–Kier alpha value is -2.53. The second kappa shape index (κ2) is 16.8. The average Bonchev–Trinajstić information content (AvgIpc) is 2.90. The molecule has 12 heteroatoms. The van der Waals surface area contributed by atoms with E-state index in [1.54, 1.807) is 12.1 Å². The Labute approximate surface area is 247 Å². The maximum absolute atomic E-state index is 10.3. The van der Waals surface area contributed by atoms with Crippen molar-refractivity contribution in [2.45, 2.75) is 92.2 Å². The van der Waals surface area contributed by atoms with E-state index < -0.39 is 16.5 Å². The van der Waals surface area contributed by atoms with Gasteiger partial charge in [-0.1, -0.05) is 31.9 Å². The van der Waals surface area contributed by atoms with Gasteiger partial charge in [0.15, 0.2) is 14.2 Å². The van der Waals surface area contributed by atoms with Crippen LogP contribution in [0.15, 0.2) is 24.3 Å². The predicted molar refractivity (Wildman–Crippen MR) is 174 cm³/mol. The summed E-state index contributed by atoms with van der Waals surface area (Å²) in [6.45, 7) is 7.95. The van der Waals surface area contributed by atoms with Gasteiger partial charge in [-0.15, -0.1) is 0 Å². The lowest BCUT2D eigenvalue weighted by molar-refractivity contribution is 0.316. The van der Waals surface area contributed by atoms with Crippen molar-refractivity contribution < 1.29 is 14.7 Å². The minimum absolute atomic E-state index is 0. The highest BCUT2D eigenvalue weighted by Crippen LogP contribution is 2.42. The number of hydrogen-bond acceptors (Lipinski definition) is 9. The lowest BCUT2D eigenvalue weighted by Gasteiger charge is -2.30. The molecule has 1 fully saturated rings. The number of anilines is 4. The Morgan fingerprint density at radius 3 is 2.37 bits per heavy atom. The predicted octanol–water partition coefficient (Wildman–Crippen LogP) is 5.71. The van der Waals surface area contributed by atoms with E-state index in [4.69, 9.17) is 21.1 Å². The molecule has 1 aliphatic rings. The molecule has 3 rings (SSSR count). The first-order chi connectivity index (χ1) is 19.1. The Morgan fingerprint density at radius 2 is 1.80 bits per heavy atom. The number of hydrogen-bond donors (Lipinski definition) is 7. The van der Waals surface area contributed by atoms with Gasteiger partial charge in [0.05, 0.1) is 19.9 Å². The fourth-order valence-electron chi connectivity index (χ4n) is 4.89. The van der Waals surface area contributed by atoms with E-state index in [-0.39, 0.29) is 31.2 Å². The molecule has 0 saturated heterocycles. The molecule has 1 saturated carbocycles. The van der Waals surface area contributed by atoms with Crippen molar-refractivity contribution in [3.05, 3.63) is 29.8 Å². The summed E-state index contributed by atoms with van der Waals surface area (Å²) in [6.07, 6.45) is 7.11. The summed E-state index contributed by atoms with van der Waals surface area (Å²) in [5.74, 6) is 5.89. The summed E-state index contributed by atoms with van der Waals surface area (Å²) < 4.78 is 0. The highest BCUT2D eigenvalue weighted by molar-refractivity contribution is 7.71. The van der Waals surface area contributed by atoms with Crippen LogP contribution >= 0.6 is 16.5 Å². The van der Waals surface area contributed by atoms with Crippen LogP contribution in [0.2, 0.25) is 0 Å². The molecular weight excluding hydrogens is 556 g/mol. The molecule has 1 aromatic carbocycles. The molecule has 0 bridgehead atoms. The minimum Gasteiger partial charge on any atom is -0.388 e. The van der Waals surface area contributed by atoms with Gasteiger partial charge in [-0.05, 0) is 77.8 Å². The first-order valence-corrected chi connectivity index (χ1v) is 16.7. The third kappa shape index (κ3) is 10.7. The number of benzene rings is 1. The quantitative estimate of drug-likeness (QED) is 0.0500. The number of nitrogens with one attached hydrogen (secondary N) is 3. The van der Waals surface area contributed by atoms with Crippen LogP contribution in [0, 0.1) is 30.2 Å². The van der Waals surface area contributed by atoms with Crippen molar-refractivity contribution in [1.29, 1.82) is 5.41 Å². The number of nitrogens with zero attached hydrogens (tertiary/aromatic N) is 3. The van der Waals surface area contributed by atoms with Crippen molar-refractivity contribution in [1.82, 2.24) is 9.97 Å². The van der Waals surface area contributed by atoms with Crippen LogP contribution in [-0.2, 0) is 0 Å². The number of rotatable bonds is 13. The van der Waals surface area contributed by atoms with Gasteiger partial charge < -0.3 is 31.0 Å². The summed E-state index contributed by atoms with van der Waals surface area (Å²) in [7, 11) is -3.76. The van der Waals surface area contributed by atoms with Gasteiger partial charge in [0.1, 0.15) is 5.82 Å². The van der Waals surface area contributed by atoms with Crippen molar-refractivity contribution >= 4 is 50.9 Å². The van der Waals surface area contributed by atoms with Gasteiger partial charge in [0.2, 0.25) is 5.95 Å². The molecule has 1 aromatic heterocycles. The molecule has 226 valence electrons. The highest BCUT2D eigenvalue weighted by Gasteiger charge is 2.24. The smallest absolute Gasteiger partial charge is 0.226 e. The van der Waals surface area contributed by atoms with E-state index in [2.05, 4.69) is 36.4 Å². The van der Waals surface area contributed by atoms with Crippen molar-refractivity contribution in [2.24, 2.45) is 11.7 Å². The Bertz CT molecular complexity index is 1180. The van der Waals surface area contributed by atoms with Gasteiger partial charge in [0.25, 0.3) is 0 Å². The summed E-state index contributed by atoms with van der Waals surface area (Å²) >= 11 is 0. The molecule has 0 aliphatic heterocycles. The zero-order valence-electron chi connectivity index (χ0n) is 23.9. The van der Waals surface area contributed by atoms with Crippen LogP contribution in [-0.4, -0.2) is 48.5 Å². The molecule has 0 radical (unpaired) electrons. The van der Waals surface area contributed by atoms with Crippen LogP contribution in [0.5, 0.6) is 0 Å². The number of aromatic nitrogens is 2. The molecule has 1 unspecified atom stereocenters. The molecular formula is C29H47N7O3P2. The Morgan fingerprint density at radius 1 is 1.15 bits per heavy atom. The van der Waals surface area contributed by atoms with Crippen molar-refractivity contribution in [2.75, 3.05) is 21.4 Å². The second-order valence-corrected chi connectivity index (χ2v) is 13.7. The maximum Gasteiger partial charge on any atom is 0.226 e. The molecule has 1 heterocycles. The summed E-state index contributed by atoms with van der Waals surface area (Å²) in [6, 6.07) is 10.9. The molecule has 41 heavy (non-hydrogen) atoms. The van der Waals surface area contributed by atoms with Gasteiger partial charge in [-0.2, -0.15) is 9.97 Å². The lowest BCUT2D eigenvalue weighted by Crippen LogP contribution is -2.30. The molecule has 8 N–H and O–H groups in total. The first-order valence-electron chi connectivity index (χ1n) is 13.8. The monoisotopic (exact) mass is 603 g/mol. The van der Waals surface area contributed by atoms with E-state index in [9.17, 15) is 14.7 Å². The van der Waals surface area contributed by atoms with Crippen LogP contribution in [0.25, 0.3) is 0 Å². The maximum atomic E-state index is 10.3. The molecule has 0 spiro atoms. The van der Waals surface area contributed by atoms with Crippen LogP contribution in [0.1, 0.15) is 78.7 Å². The van der Waals surface area contributed by atoms with E-state index in [0.29, 0.717) is 29.4 Å². The number of amidine groups is 1. The zero-order chi connectivity index (χ0) is 29.2. The third-order valence-corrected chi connectivity index (χ3v) is 10.0. The van der Waals surface area contributed by atoms with E-state index in [1.165, 1.54) is 0 Å². The fourth-order valence-corrected chi connectivity index (χ4v) is 6.99. The van der Waals surface area contributed by atoms with Crippen molar-refractivity contribution in [3.63, 3.8) is 0 Å². The van der Waals surface area contributed by atoms with E-state index in [0.717, 1.165) is 55.6 Å². The van der Waals surface area contributed by atoms with Gasteiger partial charge in [-0.3, -0.25) is 10.3 Å². The van der Waals surface area contributed by atoms with E-state index in [1.807, 2.05) is 30.9 Å². The molecule has 2 aromatic rings. The molecule has 10 nitrogen and oxygen atoms in total. The van der Waals surface area contributed by atoms with Crippen LogP contribution < -0.4 is 26.6 Å². The lowest BCUT2D eigenvalue weighted by atomic mass is 9.83.